The molecule has 0 fully saturated rings. The maximum absolute atomic E-state index is 12.5. The number of hydrogen-bond donors (Lipinski definition) is 2. The third-order valence-corrected chi connectivity index (χ3v) is 5.93. The van der Waals surface area contributed by atoms with E-state index in [0.29, 0.717) is 16.5 Å². The van der Waals surface area contributed by atoms with E-state index in [4.69, 9.17) is 15.2 Å². The van der Waals surface area contributed by atoms with Gasteiger partial charge in [-0.3, -0.25) is 9.59 Å². The highest BCUT2D eigenvalue weighted by molar-refractivity contribution is 7.17. The van der Waals surface area contributed by atoms with Gasteiger partial charge < -0.3 is 20.5 Å². The number of anilines is 1. The monoisotopic (exact) mass is 416 g/mol. The van der Waals surface area contributed by atoms with Crippen LogP contribution in [0.1, 0.15) is 51.4 Å². The minimum Gasteiger partial charge on any atom is -0.483 e. The van der Waals surface area contributed by atoms with Gasteiger partial charge in [0.25, 0.3) is 11.8 Å². The molecule has 8 heteroatoms. The summed E-state index contributed by atoms with van der Waals surface area (Å²) in [6.07, 6.45) is 2.67. The lowest BCUT2D eigenvalue weighted by Crippen LogP contribution is -2.22. The molecule has 1 atom stereocenters. The second kappa shape index (κ2) is 9.09. The average molecular weight is 416 g/mol. The first-order valence-electron chi connectivity index (χ1n) is 9.53. The van der Waals surface area contributed by atoms with Crippen LogP contribution in [0.25, 0.3) is 0 Å². The van der Waals surface area contributed by atoms with E-state index < -0.39 is 17.8 Å². The molecule has 3 rings (SSSR count). The molecule has 1 aliphatic carbocycles. The van der Waals surface area contributed by atoms with E-state index in [2.05, 4.69) is 12.2 Å². The third kappa shape index (κ3) is 4.76. The highest BCUT2D eigenvalue weighted by atomic mass is 32.1. The maximum Gasteiger partial charge on any atom is 0.341 e. The number of amides is 2. The number of fused-ring (bicyclic) bond motifs is 1. The Hall–Kier alpha value is -2.87. The summed E-state index contributed by atoms with van der Waals surface area (Å²) in [4.78, 5) is 37.6. The molecule has 1 aromatic heterocycles. The Bertz CT molecular complexity index is 937. The van der Waals surface area contributed by atoms with Crippen LogP contribution in [0.15, 0.2) is 24.3 Å². The Labute approximate surface area is 173 Å². The predicted octanol–water partition coefficient (Wildman–Crippen LogP) is 3.17. The number of primary amides is 1. The Morgan fingerprint density at radius 3 is 2.76 bits per heavy atom. The number of esters is 1. The van der Waals surface area contributed by atoms with Crippen LogP contribution in [0.5, 0.6) is 5.75 Å². The van der Waals surface area contributed by atoms with Gasteiger partial charge >= 0.3 is 5.97 Å². The van der Waals surface area contributed by atoms with Crippen LogP contribution in [-0.4, -0.2) is 31.0 Å². The standard InChI is InChI=1S/C21H24N2O5S/c1-3-27-21(26)18-14-9-8-12(2)10-16(14)29-20(18)23-17(24)11-28-15-7-5-4-6-13(15)19(22)25/h4-7,12H,3,8-11H2,1-2H3,(H2,22,25)(H,23,24)/t12-/m0/s1. The molecular weight excluding hydrogens is 392 g/mol. The average Bonchev–Trinajstić information content (AvgIpc) is 3.03. The minimum atomic E-state index is -0.634. The minimum absolute atomic E-state index is 0.202. The number of benzene rings is 1. The molecule has 154 valence electrons. The third-order valence-electron chi connectivity index (χ3n) is 4.76. The molecule has 0 aliphatic heterocycles. The molecule has 2 aromatic rings. The SMILES string of the molecule is CCOC(=O)c1c(NC(=O)COc2ccccc2C(N)=O)sc2c1CC[C@H](C)C2. The van der Waals surface area contributed by atoms with Gasteiger partial charge in [0.05, 0.1) is 17.7 Å². The van der Waals surface area contributed by atoms with Crippen molar-refractivity contribution in [1.29, 1.82) is 0 Å². The van der Waals surface area contributed by atoms with Crippen molar-refractivity contribution in [3.63, 3.8) is 0 Å². The summed E-state index contributed by atoms with van der Waals surface area (Å²) in [5.41, 5.74) is 6.95. The van der Waals surface area contributed by atoms with Crippen molar-refractivity contribution < 1.29 is 23.9 Å². The first-order valence-corrected chi connectivity index (χ1v) is 10.4. The van der Waals surface area contributed by atoms with Crippen molar-refractivity contribution in [3.8, 4) is 5.75 Å². The lowest BCUT2D eigenvalue weighted by atomic mass is 9.88. The number of para-hydroxylation sites is 1. The van der Waals surface area contributed by atoms with Crippen molar-refractivity contribution in [2.24, 2.45) is 11.7 Å². The highest BCUT2D eigenvalue weighted by Crippen LogP contribution is 2.40. The molecule has 7 nitrogen and oxygen atoms in total. The van der Waals surface area contributed by atoms with E-state index in [-0.39, 0.29) is 24.5 Å². The molecule has 0 bridgehead atoms. The zero-order valence-corrected chi connectivity index (χ0v) is 17.3. The van der Waals surface area contributed by atoms with Gasteiger partial charge in [0, 0.05) is 4.88 Å². The molecular formula is C21H24N2O5S. The van der Waals surface area contributed by atoms with Crippen LogP contribution in [0.2, 0.25) is 0 Å². The normalized spacial score (nSPS) is 15.3. The summed E-state index contributed by atoms with van der Waals surface area (Å²) in [6, 6.07) is 6.45. The number of carbonyl (C=O) groups is 3. The number of rotatable bonds is 7. The van der Waals surface area contributed by atoms with E-state index >= 15 is 0 Å². The molecule has 0 unspecified atom stereocenters. The fraction of sp³-hybridized carbons (Fsp3) is 0.381. The zero-order valence-electron chi connectivity index (χ0n) is 16.4. The summed E-state index contributed by atoms with van der Waals surface area (Å²) in [6.45, 7) is 3.88. The van der Waals surface area contributed by atoms with E-state index in [1.807, 2.05) is 0 Å². The van der Waals surface area contributed by atoms with Crippen molar-refractivity contribution in [2.45, 2.75) is 33.1 Å². The predicted molar refractivity (Wildman–Crippen MR) is 111 cm³/mol. The number of nitrogens with one attached hydrogen (secondary N) is 1. The molecule has 29 heavy (non-hydrogen) atoms. The first-order chi connectivity index (χ1) is 13.9. The molecule has 1 aromatic carbocycles. The van der Waals surface area contributed by atoms with Gasteiger partial charge in [-0.05, 0) is 49.8 Å². The fourth-order valence-electron chi connectivity index (χ4n) is 3.36. The van der Waals surface area contributed by atoms with Crippen molar-refractivity contribution in [3.05, 3.63) is 45.8 Å². The second-order valence-electron chi connectivity index (χ2n) is 6.97. The largest absolute Gasteiger partial charge is 0.483 e. The quantitative estimate of drug-likeness (QED) is 0.674. The van der Waals surface area contributed by atoms with Gasteiger partial charge in [-0.2, -0.15) is 0 Å². The summed E-state index contributed by atoms with van der Waals surface area (Å²) in [5, 5.41) is 3.26. The Morgan fingerprint density at radius 2 is 2.03 bits per heavy atom. The molecule has 1 heterocycles. The number of carbonyl (C=O) groups excluding carboxylic acids is 3. The number of ether oxygens (including phenoxy) is 2. The van der Waals surface area contributed by atoms with Crippen LogP contribution >= 0.6 is 11.3 Å². The Kier molecular flexibility index (Phi) is 6.53. The van der Waals surface area contributed by atoms with E-state index in [1.54, 1.807) is 25.1 Å². The molecule has 0 radical (unpaired) electrons. The smallest absolute Gasteiger partial charge is 0.341 e. The van der Waals surface area contributed by atoms with Gasteiger partial charge in [0.2, 0.25) is 0 Å². The summed E-state index contributed by atoms with van der Waals surface area (Å²) >= 11 is 1.42. The Balaban J connectivity index is 1.76. The summed E-state index contributed by atoms with van der Waals surface area (Å²) < 4.78 is 10.7. The molecule has 1 aliphatic rings. The van der Waals surface area contributed by atoms with Crippen molar-refractivity contribution in [1.82, 2.24) is 0 Å². The van der Waals surface area contributed by atoms with Crippen molar-refractivity contribution >= 4 is 34.1 Å². The van der Waals surface area contributed by atoms with E-state index in [1.165, 1.54) is 17.4 Å². The van der Waals surface area contributed by atoms with Crippen LogP contribution in [-0.2, 0) is 22.4 Å². The summed E-state index contributed by atoms with van der Waals surface area (Å²) in [7, 11) is 0. The number of thiophene rings is 1. The number of hydrogen-bond acceptors (Lipinski definition) is 6. The molecule has 0 spiro atoms. The molecule has 3 N–H and O–H groups in total. The van der Waals surface area contributed by atoms with Crippen molar-refractivity contribution in [2.75, 3.05) is 18.5 Å². The fourth-order valence-corrected chi connectivity index (χ4v) is 4.78. The van der Waals surface area contributed by atoms with Gasteiger partial charge in [0.1, 0.15) is 10.8 Å². The first kappa shape index (κ1) is 20.9. The molecule has 2 amide bonds. The zero-order chi connectivity index (χ0) is 21.0. The Morgan fingerprint density at radius 1 is 1.28 bits per heavy atom. The van der Waals surface area contributed by atoms with Gasteiger partial charge in [0.15, 0.2) is 6.61 Å². The maximum atomic E-state index is 12.5. The molecule has 0 saturated heterocycles. The highest BCUT2D eigenvalue weighted by Gasteiger charge is 2.29. The lowest BCUT2D eigenvalue weighted by Gasteiger charge is -2.18. The van der Waals surface area contributed by atoms with E-state index in [0.717, 1.165) is 29.7 Å². The number of nitrogens with two attached hydrogens (primary N) is 1. The van der Waals surface area contributed by atoms with Gasteiger partial charge in [-0.25, -0.2) is 4.79 Å². The van der Waals surface area contributed by atoms with Crippen LogP contribution in [0, 0.1) is 5.92 Å². The topological polar surface area (TPSA) is 108 Å². The second-order valence-corrected chi connectivity index (χ2v) is 8.08. The van der Waals surface area contributed by atoms with E-state index in [9.17, 15) is 14.4 Å². The lowest BCUT2D eigenvalue weighted by molar-refractivity contribution is -0.118. The molecule has 0 saturated carbocycles. The van der Waals surface area contributed by atoms with Crippen LogP contribution in [0.3, 0.4) is 0 Å². The van der Waals surface area contributed by atoms with Crippen LogP contribution in [0.4, 0.5) is 5.00 Å². The van der Waals surface area contributed by atoms with Gasteiger partial charge in [-0.1, -0.05) is 19.1 Å². The summed E-state index contributed by atoms with van der Waals surface area (Å²) in [5.74, 6) is -0.713. The van der Waals surface area contributed by atoms with Crippen LogP contribution < -0.4 is 15.8 Å². The van der Waals surface area contributed by atoms with Gasteiger partial charge in [-0.15, -0.1) is 11.3 Å².